The van der Waals surface area contributed by atoms with E-state index < -0.39 is 0 Å². The predicted molar refractivity (Wildman–Crippen MR) is 140 cm³/mol. The van der Waals surface area contributed by atoms with E-state index in [2.05, 4.69) is 65.7 Å². The van der Waals surface area contributed by atoms with Crippen molar-refractivity contribution in [3.05, 3.63) is 60.2 Å². The Bertz CT molecular complexity index is 1280. The van der Waals surface area contributed by atoms with Gasteiger partial charge in [0.1, 0.15) is 5.82 Å². The van der Waals surface area contributed by atoms with Gasteiger partial charge < -0.3 is 9.88 Å². The Morgan fingerprint density at radius 3 is 2.53 bits per heavy atom. The number of amides is 1. The molecule has 0 aliphatic carbocycles. The summed E-state index contributed by atoms with van der Waals surface area (Å²) in [5.74, 6) is 2.07. The second-order valence-electron chi connectivity index (χ2n) is 8.93. The van der Waals surface area contributed by atoms with E-state index in [0.29, 0.717) is 11.1 Å². The van der Waals surface area contributed by atoms with Crippen molar-refractivity contribution in [3.8, 4) is 0 Å². The zero-order valence-corrected chi connectivity index (χ0v) is 21.2. The van der Waals surface area contributed by atoms with Crippen LogP contribution in [0.15, 0.2) is 53.7 Å². The zero-order valence-electron chi connectivity index (χ0n) is 20.4. The van der Waals surface area contributed by atoms with Crippen molar-refractivity contribution < 1.29 is 4.79 Å². The first kappa shape index (κ1) is 24.2. The molecule has 4 rings (SSSR count). The van der Waals surface area contributed by atoms with Crippen LogP contribution in [-0.2, 0) is 6.54 Å². The van der Waals surface area contributed by atoms with Crippen LogP contribution in [0.25, 0.3) is 22.1 Å². The third kappa shape index (κ3) is 5.25. The first-order valence-corrected chi connectivity index (χ1v) is 13.1. The Morgan fingerprint density at radius 1 is 1.00 bits per heavy atom. The number of carbonyl (C=O) groups is 1. The number of nitrogens with one attached hydrogen (secondary N) is 1. The smallest absolute Gasteiger partial charge is 0.251 e. The molecule has 1 amide bonds. The highest BCUT2D eigenvalue weighted by molar-refractivity contribution is 7.99. The normalized spacial score (nSPS) is 12.5. The molecule has 2 aromatic heterocycles. The molecule has 6 nitrogen and oxygen atoms in total. The number of unbranched alkanes of at least 4 members (excludes halogenated alkanes) is 1. The number of aryl methyl sites for hydroxylation is 1. The van der Waals surface area contributed by atoms with Crippen molar-refractivity contribution in [2.24, 2.45) is 5.92 Å². The van der Waals surface area contributed by atoms with Gasteiger partial charge in [0.2, 0.25) is 0 Å². The number of aromatic nitrogens is 4. The lowest BCUT2D eigenvalue weighted by Crippen LogP contribution is -2.33. The molecule has 0 saturated carbocycles. The van der Waals surface area contributed by atoms with Crippen LogP contribution in [0.1, 0.15) is 69.2 Å². The molecule has 0 aliphatic heterocycles. The van der Waals surface area contributed by atoms with Gasteiger partial charge in [0, 0.05) is 29.4 Å². The number of benzene rings is 2. The summed E-state index contributed by atoms with van der Waals surface area (Å²) in [6, 6.07) is 11.8. The van der Waals surface area contributed by atoms with Gasteiger partial charge in [-0.05, 0) is 60.9 Å². The summed E-state index contributed by atoms with van der Waals surface area (Å²) in [5.41, 5.74) is 4.19. The summed E-state index contributed by atoms with van der Waals surface area (Å²) in [6.07, 6.45) is 6.60. The fraction of sp³-hybridized carbons (Fsp3) is 0.407. The number of thioether (sulfide) groups is 1. The van der Waals surface area contributed by atoms with Crippen LogP contribution in [0.4, 0.5) is 0 Å². The summed E-state index contributed by atoms with van der Waals surface area (Å²) in [6.45, 7) is 9.53. The Morgan fingerprint density at radius 2 is 1.79 bits per heavy atom. The second kappa shape index (κ2) is 11.0. The minimum absolute atomic E-state index is 0.125. The average Bonchev–Trinajstić information content (AvgIpc) is 3.21. The third-order valence-electron chi connectivity index (χ3n) is 5.92. The lowest BCUT2D eigenvalue weighted by molar-refractivity contribution is 0.0922. The molecule has 7 heteroatoms. The van der Waals surface area contributed by atoms with E-state index in [0.717, 1.165) is 53.9 Å². The van der Waals surface area contributed by atoms with Crippen molar-refractivity contribution >= 4 is 39.7 Å². The molecule has 0 fully saturated rings. The van der Waals surface area contributed by atoms with E-state index in [-0.39, 0.29) is 17.9 Å². The van der Waals surface area contributed by atoms with E-state index in [1.165, 1.54) is 4.90 Å². The molecule has 4 aromatic rings. The summed E-state index contributed by atoms with van der Waals surface area (Å²) < 4.78 is 2.30. The highest BCUT2D eigenvalue weighted by Gasteiger charge is 2.26. The zero-order chi connectivity index (χ0) is 24.1. The standard InChI is InChI=1S/C27H33N5OS/c1-5-7-14-32-24-11-9-20(34-15-6-2)17-23(24)30-26(32)25(18(3)4)31-27(33)19-8-10-21-22(16-19)29-13-12-28-21/h8-13,16-18,25H,5-7,14-15H2,1-4H3,(H,31,33). The lowest BCUT2D eigenvalue weighted by Gasteiger charge is -2.23. The number of fused-ring (bicyclic) bond motifs is 2. The van der Waals surface area contributed by atoms with Gasteiger partial charge in [-0.25, -0.2) is 4.98 Å². The van der Waals surface area contributed by atoms with E-state index in [1.807, 2.05) is 17.8 Å². The van der Waals surface area contributed by atoms with Crippen LogP contribution < -0.4 is 5.32 Å². The summed E-state index contributed by atoms with van der Waals surface area (Å²) in [4.78, 5) is 28.2. The molecule has 1 atom stereocenters. The van der Waals surface area contributed by atoms with Gasteiger partial charge in [-0.3, -0.25) is 14.8 Å². The number of nitrogens with zero attached hydrogens (tertiary/aromatic N) is 4. The van der Waals surface area contributed by atoms with Gasteiger partial charge in [-0.2, -0.15) is 0 Å². The first-order chi connectivity index (χ1) is 16.5. The number of rotatable bonds is 10. The minimum atomic E-state index is -0.207. The fourth-order valence-electron chi connectivity index (χ4n) is 4.09. The van der Waals surface area contributed by atoms with Gasteiger partial charge >= 0.3 is 0 Å². The van der Waals surface area contributed by atoms with Crippen molar-refractivity contribution in [1.29, 1.82) is 0 Å². The second-order valence-corrected chi connectivity index (χ2v) is 10.1. The number of hydrogen-bond donors (Lipinski definition) is 1. The summed E-state index contributed by atoms with van der Waals surface area (Å²) in [5, 5.41) is 3.26. The molecular weight excluding hydrogens is 442 g/mol. The average molecular weight is 476 g/mol. The maximum atomic E-state index is 13.3. The first-order valence-electron chi connectivity index (χ1n) is 12.2. The maximum Gasteiger partial charge on any atom is 0.251 e. The molecular formula is C27H33N5OS. The molecule has 0 saturated heterocycles. The van der Waals surface area contributed by atoms with Crippen LogP contribution in [0, 0.1) is 5.92 Å². The Hall–Kier alpha value is -2.93. The topological polar surface area (TPSA) is 72.7 Å². The molecule has 1 unspecified atom stereocenters. The van der Waals surface area contributed by atoms with Crippen molar-refractivity contribution in [1.82, 2.24) is 24.8 Å². The molecule has 0 radical (unpaired) electrons. The van der Waals surface area contributed by atoms with Gasteiger partial charge in [-0.1, -0.05) is 34.1 Å². The van der Waals surface area contributed by atoms with Crippen molar-refractivity contribution in [3.63, 3.8) is 0 Å². The molecule has 1 N–H and O–H groups in total. The van der Waals surface area contributed by atoms with Crippen LogP contribution >= 0.6 is 11.8 Å². The van der Waals surface area contributed by atoms with Crippen molar-refractivity contribution in [2.75, 3.05) is 5.75 Å². The largest absolute Gasteiger partial charge is 0.342 e. The molecule has 0 aliphatic rings. The SMILES string of the molecule is CCCCn1c(C(NC(=O)c2ccc3nccnc3c2)C(C)C)nc2cc(SCCC)ccc21. The quantitative estimate of drug-likeness (QED) is 0.268. The highest BCUT2D eigenvalue weighted by atomic mass is 32.2. The van der Waals surface area contributed by atoms with E-state index in [4.69, 9.17) is 4.98 Å². The van der Waals surface area contributed by atoms with Gasteiger partial charge in [0.05, 0.1) is 28.1 Å². The number of hydrogen-bond acceptors (Lipinski definition) is 5. The lowest BCUT2D eigenvalue weighted by atomic mass is 10.0. The van der Waals surface area contributed by atoms with Crippen LogP contribution in [0.3, 0.4) is 0 Å². The van der Waals surface area contributed by atoms with Crippen LogP contribution in [0.5, 0.6) is 0 Å². The molecule has 2 aromatic carbocycles. The monoisotopic (exact) mass is 475 g/mol. The van der Waals surface area contributed by atoms with Crippen molar-refractivity contribution in [2.45, 2.75) is 64.4 Å². The van der Waals surface area contributed by atoms with Gasteiger partial charge in [0.15, 0.2) is 0 Å². The minimum Gasteiger partial charge on any atom is -0.342 e. The summed E-state index contributed by atoms with van der Waals surface area (Å²) >= 11 is 1.86. The molecule has 0 spiro atoms. The van der Waals surface area contributed by atoms with Gasteiger partial charge in [-0.15, -0.1) is 11.8 Å². The Labute approximate surface area is 205 Å². The highest BCUT2D eigenvalue weighted by Crippen LogP contribution is 2.30. The molecule has 2 heterocycles. The summed E-state index contributed by atoms with van der Waals surface area (Å²) in [7, 11) is 0. The molecule has 0 bridgehead atoms. The van der Waals surface area contributed by atoms with Crippen LogP contribution in [0.2, 0.25) is 0 Å². The molecule has 178 valence electrons. The van der Waals surface area contributed by atoms with E-state index >= 15 is 0 Å². The fourth-order valence-corrected chi connectivity index (χ4v) is 4.88. The number of carbonyl (C=O) groups excluding carboxylic acids is 1. The maximum absolute atomic E-state index is 13.3. The van der Waals surface area contributed by atoms with Crippen LogP contribution in [-0.4, -0.2) is 31.2 Å². The Balaban J connectivity index is 1.69. The predicted octanol–water partition coefficient (Wildman–Crippen LogP) is 6.41. The van der Waals surface area contributed by atoms with E-state index in [1.54, 1.807) is 24.5 Å². The Kier molecular flexibility index (Phi) is 7.83. The third-order valence-corrected chi connectivity index (χ3v) is 7.12. The molecule has 34 heavy (non-hydrogen) atoms. The number of imidazole rings is 1. The van der Waals surface area contributed by atoms with Gasteiger partial charge in [0.25, 0.3) is 5.91 Å². The van der Waals surface area contributed by atoms with E-state index in [9.17, 15) is 4.79 Å².